The van der Waals surface area contributed by atoms with Gasteiger partial charge in [-0.3, -0.25) is 14.5 Å². The average Bonchev–Trinajstić information content (AvgIpc) is 3.33. The second-order valence-corrected chi connectivity index (χ2v) is 8.55. The number of phenolic OH excluding ortho intramolecular Hbond substituents is 1. The summed E-state index contributed by atoms with van der Waals surface area (Å²) in [4.78, 5) is 28.0. The molecule has 1 fully saturated rings. The maximum absolute atomic E-state index is 13.1. The van der Waals surface area contributed by atoms with Crippen LogP contribution in [0.5, 0.6) is 5.75 Å². The molecule has 1 aliphatic heterocycles. The van der Waals surface area contributed by atoms with Gasteiger partial charge in [-0.1, -0.05) is 35.4 Å². The minimum atomic E-state index is -0.880. The highest BCUT2D eigenvalue weighted by molar-refractivity contribution is 7.10. The van der Waals surface area contributed by atoms with E-state index < -0.39 is 17.7 Å². The molecule has 2 N–H and O–H groups in total. The summed E-state index contributed by atoms with van der Waals surface area (Å²) in [7, 11) is 0. The summed E-state index contributed by atoms with van der Waals surface area (Å²) in [5, 5.41) is 23.7. The van der Waals surface area contributed by atoms with E-state index in [0.717, 1.165) is 11.1 Å². The summed E-state index contributed by atoms with van der Waals surface area (Å²) in [6.07, 6.45) is 0. The number of nitrogens with zero attached hydrogens (tertiary/aromatic N) is 1. The van der Waals surface area contributed by atoms with Gasteiger partial charge in [-0.25, -0.2) is 0 Å². The molecule has 0 aliphatic carbocycles. The molecule has 0 saturated carbocycles. The van der Waals surface area contributed by atoms with Gasteiger partial charge in [0.15, 0.2) is 0 Å². The molecule has 3 aromatic rings. The van der Waals surface area contributed by atoms with Crippen molar-refractivity contribution in [3.05, 3.63) is 86.1 Å². The average molecular weight is 440 g/mol. The molecule has 1 amide bonds. The Morgan fingerprint density at radius 2 is 1.87 bits per heavy atom. The lowest BCUT2D eigenvalue weighted by Gasteiger charge is -2.25. The van der Waals surface area contributed by atoms with Crippen molar-refractivity contribution in [3.8, 4) is 5.75 Å². The summed E-state index contributed by atoms with van der Waals surface area (Å²) >= 11 is 7.44. The number of Topliss-reactive ketones (excluding diaryl/α,β-unsaturated/α-hetero) is 1. The van der Waals surface area contributed by atoms with Crippen molar-refractivity contribution in [2.75, 3.05) is 4.90 Å². The predicted molar refractivity (Wildman–Crippen MR) is 118 cm³/mol. The van der Waals surface area contributed by atoms with E-state index in [2.05, 4.69) is 0 Å². The van der Waals surface area contributed by atoms with Crippen molar-refractivity contribution < 1.29 is 19.8 Å². The van der Waals surface area contributed by atoms with E-state index in [1.807, 2.05) is 31.4 Å². The molecule has 30 heavy (non-hydrogen) atoms. The van der Waals surface area contributed by atoms with Crippen molar-refractivity contribution >= 4 is 46.1 Å². The Labute approximate surface area is 182 Å². The number of phenols is 1. The van der Waals surface area contributed by atoms with E-state index in [9.17, 15) is 19.8 Å². The van der Waals surface area contributed by atoms with E-state index in [1.54, 1.807) is 18.2 Å². The predicted octanol–water partition coefficient (Wildman–Crippen LogP) is 5.35. The van der Waals surface area contributed by atoms with Gasteiger partial charge in [0.1, 0.15) is 17.6 Å². The summed E-state index contributed by atoms with van der Waals surface area (Å²) in [6.45, 7) is 3.71. The molecule has 2 heterocycles. The Balaban J connectivity index is 1.99. The van der Waals surface area contributed by atoms with Crippen LogP contribution in [0.25, 0.3) is 5.76 Å². The largest absolute Gasteiger partial charge is 0.507 e. The lowest BCUT2D eigenvalue weighted by atomic mass is 9.96. The first-order chi connectivity index (χ1) is 14.3. The number of ketones is 1. The van der Waals surface area contributed by atoms with Crippen LogP contribution in [0.2, 0.25) is 5.02 Å². The number of aromatic hydroxyl groups is 1. The van der Waals surface area contributed by atoms with Crippen molar-refractivity contribution in [1.82, 2.24) is 0 Å². The third kappa shape index (κ3) is 3.28. The number of benzene rings is 2. The van der Waals surface area contributed by atoms with Gasteiger partial charge in [-0.15, -0.1) is 11.3 Å². The van der Waals surface area contributed by atoms with Crippen molar-refractivity contribution in [2.45, 2.75) is 19.9 Å². The van der Waals surface area contributed by atoms with E-state index in [0.29, 0.717) is 15.5 Å². The van der Waals surface area contributed by atoms with Gasteiger partial charge in [-0.2, -0.15) is 0 Å². The van der Waals surface area contributed by atoms with Crippen molar-refractivity contribution in [1.29, 1.82) is 0 Å². The molecule has 1 saturated heterocycles. The molecule has 0 spiro atoms. The molecule has 7 heteroatoms. The third-order valence-electron chi connectivity index (χ3n) is 5.10. The Bertz CT molecular complexity index is 1200. The molecule has 4 rings (SSSR count). The number of hydrogen-bond donors (Lipinski definition) is 2. The number of carbonyl (C=O) groups excluding carboxylic acids is 2. The maximum atomic E-state index is 13.1. The number of halogens is 1. The van der Waals surface area contributed by atoms with Crippen LogP contribution in [0.1, 0.15) is 27.6 Å². The first kappa shape index (κ1) is 20.2. The summed E-state index contributed by atoms with van der Waals surface area (Å²) in [5.74, 6) is -2.07. The smallest absolute Gasteiger partial charge is 0.300 e. The highest BCUT2D eigenvalue weighted by Gasteiger charge is 2.48. The molecule has 1 atom stereocenters. The fourth-order valence-electron chi connectivity index (χ4n) is 3.62. The van der Waals surface area contributed by atoms with Gasteiger partial charge in [0, 0.05) is 15.5 Å². The Hall–Kier alpha value is -3.09. The zero-order valence-corrected chi connectivity index (χ0v) is 17.8. The number of thiophene rings is 1. The summed E-state index contributed by atoms with van der Waals surface area (Å²) in [5.41, 5.74) is 2.28. The highest BCUT2D eigenvalue weighted by atomic mass is 35.5. The first-order valence-corrected chi connectivity index (χ1v) is 10.5. The molecule has 1 aliphatic rings. The molecule has 0 radical (unpaired) electrons. The fourth-order valence-corrected chi connectivity index (χ4v) is 4.61. The molecule has 1 aromatic heterocycles. The van der Waals surface area contributed by atoms with Gasteiger partial charge in [0.25, 0.3) is 11.7 Å². The number of aliphatic hydroxyl groups is 1. The minimum Gasteiger partial charge on any atom is -0.507 e. The molecule has 152 valence electrons. The number of amides is 1. The molecule has 2 aromatic carbocycles. The van der Waals surface area contributed by atoms with Crippen LogP contribution >= 0.6 is 22.9 Å². The van der Waals surface area contributed by atoms with Gasteiger partial charge >= 0.3 is 0 Å². The zero-order valence-electron chi connectivity index (χ0n) is 16.2. The monoisotopic (exact) mass is 439 g/mol. The van der Waals surface area contributed by atoms with Crippen LogP contribution in [0.15, 0.2) is 59.5 Å². The standard InChI is InChI=1S/C23H18ClNO4S/c1-12-5-6-13(2)15(10-12)21(27)19-20(18-4-3-9-30-18)25(23(29)22(19)28)16-11-14(24)7-8-17(16)26/h3-11,20,26-27H,1-2H3/b21-19-. The first-order valence-electron chi connectivity index (χ1n) is 9.20. The summed E-state index contributed by atoms with van der Waals surface area (Å²) in [6, 6.07) is 12.5. The minimum absolute atomic E-state index is 0.0180. The highest BCUT2D eigenvalue weighted by Crippen LogP contribution is 2.46. The lowest BCUT2D eigenvalue weighted by Crippen LogP contribution is -2.29. The van der Waals surface area contributed by atoms with Gasteiger partial charge in [0.05, 0.1) is 11.3 Å². The third-order valence-corrected chi connectivity index (χ3v) is 6.26. The van der Waals surface area contributed by atoms with Gasteiger partial charge in [-0.05, 0) is 55.1 Å². The summed E-state index contributed by atoms with van der Waals surface area (Å²) < 4.78 is 0. The van der Waals surface area contributed by atoms with Crippen LogP contribution in [-0.4, -0.2) is 21.9 Å². The van der Waals surface area contributed by atoms with E-state index in [-0.39, 0.29) is 22.8 Å². The van der Waals surface area contributed by atoms with Crippen LogP contribution in [0, 0.1) is 13.8 Å². The number of hydrogen-bond acceptors (Lipinski definition) is 5. The molecular weight excluding hydrogens is 422 g/mol. The topological polar surface area (TPSA) is 77.8 Å². The Morgan fingerprint density at radius 3 is 2.57 bits per heavy atom. The SMILES string of the molecule is Cc1ccc(C)c(/C(O)=C2/C(=O)C(=O)N(c3cc(Cl)ccc3O)C2c2cccs2)c1. The molecule has 0 bridgehead atoms. The van der Waals surface area contributed by atoms with Crippen LogP contribution < -0.4 is 4.90 Å². The van der Waals surface area contributed by atoms with Gasteiger partial charge < -0.3 is 10.2 Å². The van der Waals surface area contributed by atoms with Crippen molar-refractivity contribution in [3.63, 3.8) is 0 Å². The number of anilines is 1. The second-order valence-electron chi connectivity index (χ2n) is 7.14. The van der Waals surface area contributed by atoms with Crippen LogP contribution in [0.3, 0.4) is 0 Å². The van der Waals surface area contributed by atoms with Gasteiger partial charge in [0.2, 0.25) is 0 Å². The Kier molecular flexibility index (Phi) is 5.13. The molecular formula is C23H18ClNO4S. The zero-order chi connectivity index (χ0) is 21.6. The molecule has 1 unspecified atom stereocenters. The second kappa shape index (κ2) is 7.63. The number of aryl methyl sites for hydroxylation is 2. The van der Waals surface area contributed by atoms with Crippen LogP contribution in [0.4, 0.5) is 5.69 Å². The van der Waals surface area contributed by atoms with E-state index in [4.69, 9.17) is 11.6 Å². The van der Waals surface area contributed by atoms with Crippen LogP contribution in [-0.2, 0) is 9.59 Å². The quantitative estimate of drug-likeness (QED) is 0.327. The van der Waals surface area contributed by atoms with E-state index >= 15 is 0 Å². The number of aliphatic hydroxyl groups excluding tert-OH is 1. The number of carbonyl (C=O) groups is 2. The Morgan fingerprint density at radius 1 is 1.10 bits per heavy atom. The van der Waals surface area contributed by atoms with Crippen molar-refractivity contribution in [2.24, 2.45) is 0 Å². The van der Waals surface area contributed by atoms with E-state index in [1.165, 1.54) is 34.4 Å². The number of rotatable bonds is 3. The fraction of sp³-hybridized carbons (Fsp3) is 0.130. The normalized spacial score (nSPS) is 18.2. The lowest BCUT2D eigenvalue weighted by molar-refractivity contribution is -0.132. The maximum Gasteiger partial charge on any atom is 0.300 e. The molecule has 5 nitrogen and oxygen atoms in total.